The first-order valence-corrected chi connectivity index (χ1v) is 3.88. The molecule has 3 nitrogen and oxygen atoms in total. The van der Waals surface area contributed by atoms with Crippen molar-refractivity contribution < 1.29 is 9.90 Å². The Balaban J connectivity index is 3.21. The SMILES string of the molecule is N#CC(Cl)(C(=O)O)c1ccccc1. The molecule has 0 aliphatic carbocycles. The molecule has 0 aliphatic heterocycles. The molecule has 1 aromatic rings. The third kappa shape index (κ3) is 1.63. The van der Waals surface area contributed by atoms with Gasteiger partial charge in [0.05, 0.1) is 0 Å². The number of aliphatic carboxylic acids is 1. The molecule has 0 aliphatic rings. The van der Waals surface area contributed by atoms with Gasteiger partial charge in [-0.3, -0.25) is 0 Å². The van der Waals surface area contributed by atoms with Gasteiger partial charge in [0.15, 0.2) is 0 Å². The predicted octanol–water partition coefficient (Wildman–Crippen LogP) is 1.73. The van der Waals surface area contributed by atoms with Crippen LogP contribution < -0.4 is 0 Å². The summed E-state index contributed by atoms with van der Waals surface area (Å²) in [4.78, 5) is 8.73. The van der Waals surface area contributed by atoms with Crippen molar-refractivity contribution in [2.75, 3.05) is 0 Å². The summed E-state index contributed by atoms with van der Waals surface area (Å²) in [7, 11) is 0. The van der Waals surface area contributed by atoms with E-state index in [1.54, 1.807) is 24.3 Å². The summed E-state index contributed by atoms with van der Waals surface area (Å²) in [5, 5.41) is 17.4. The Morgan fingerprint density at radius 1 is 1.46 bits per heavy atom. The van der Waals surface area contributed by atoms with Crippen LogP contribution in [0, 0.1) is 11.3 Å². The predicted molar refractivity (Wildman–Crippen MR) is 47.2 cm³/mol. The number of nitriles is 1. The summed E-state index contributed by atoms with van der Waals surface area (Å²) in [5.74, 6) is -1.36. The second kappa shape index (κ2) is 3.46. The van der Waals surface area contributed by atoms with Crippen LogP contribution in [0.25, 0.3) is 0 Å². The number of hydrogen-bond acceptors (Lipinski definition) is 2. The van der Waals surface area contributed by atoms with E-state index in [1.807, 2.05) is 0 Å². The number of alkyl halides is 1. The van der Waals surface area contributed by atoms with Crippen LogP contribution in [0.5, 0.6) is 0 Å². The maximum Gasteiger partial charge on any atom is 0.344 e. The Bertz CT molecular complexity index is 358. The molecule has 0 aromatic heterocycles. The molecule has 4 heteroatoms. The van der Waals surface area contributed by atoms with Gasteiger partial charge >= 0.3 is 5.97 Å². The standard InChI is InChI=1S/C9H6ClNO2/c10-9(6-11,8(12)13)7-4-2-1-3-5-7/h1-5H,(H,12,13). The highest BCUT2D eigenvalue weighted by Gasteiger charge is 2.38. The molecule has 0 saturated carbocycles. The van der Waals surface area contributed by atoms with Crippen LogP contribution in [-0.4, -0.2) is 11.1 Å². The van der Waals surface area contributed by atoms with E-state index in [1.165, 1.54) is 12.1 Å². The average molecular weight is 196 g/mol. The molecule has 0 bridgehead atoms. The molecule has 1 unspecified atom stereocenters. The number of rotatable bonds is 2. The summed E-state index contributed by atoms with van der Waals surface area (Å²) >= 11 is 5.62. The number of nitrogens with zero attached hydrogens (tertiary/aromatic N) is 1. The highest BCUT2D eigenvalue weighted by atomic mass is 35.5. The number of carbonyl (C=O) groups is 1. The first-order valence-electron chi connectivity index (χ1n) is 3.50. The molecule has 1 N–H and O–H groups in total. The van der Waals surface area contributed by atoms with Gasteiger partial charge in [0, 0.05) is 0 Å². The molecular weight excluding hydrogens is 190 g/mol. The fourth-order valence-corrected chi connectivity index (χ4v) is 1.03. The lowest BCUT2D eigenvalue weighted by Gasteiger charge is -2.12. The third-order valence-corrected chi connectivity index (χ3v) is 2.08. The van der Waals surface area contributed by atoms with Crippen molar-refractivity contribution in [3.63, 3.8) is 0 Å². The summed E-state index contributed by atoms with van der Waals surface area (Å²) in [6, 6.07) is 9.55. The van der Waals surface area contributed by atoms with Crippen molar-refractivity contribution in [1.82, 2.24) is 0 Å². The molecule has 66 valence electrons. The summed E-state index contributed by atoms with van der Waals surface area (Å²) in [6.07, 6.45) is 0. The number of carboxylic acid groups (broad SMARTS) is 1. The molecule has 1 aromatic carbocycles. The first-order chi connectivity index (χ1) is 6.11. The van der Waals surface area contributed by atoms with E-state index < -0.39 is 10.8 Å². The largest absolute Gasteiger partial charge is 0.479 e. The minimum Gasteiger partial charge on any atom is -0.479 e. The maximum absolute atomic E-state index is 10.7. The Morgan fingerprint density at radius 2 is 2.00 bits per heavy atom. The Kier molecular flexibility index (Phi) is 2.54. The van der Waals surface area contributed by atoms with Crippen LogP contribution >= 0.6 is 11.6 Å². The van der Waals surface area contributed by atoms with Crippen molar-refractivity contribution >= 4 is 17.6 Å². The second-order valence-electron chi connectivity index (χ2n) is 2.44. The van der Waals surface area contributed by atoms with Crippen LogP contribution in [-0.2, 0) is 9.67 Å². The van der Waals surface area contributed by atoms with E-state index in [4.69, 9.17) is 22.0 Å². The fourth-order valence-electron chi connectivity index (χ4n) is 0.904. The average Bonchev–Trinajstić information content (AvgIpc) is 2.17. The van der Waals surface area contributed by atoms with Gasteiger partial charge in [-0.05, 0) is 5.56 Å². The number of benzene rings is 1. The molecule has 1 atom stereocenters. The molecule has 0 spiro atoms. The zero-order chi connectivity index (χ0) is 9.90. The van der Waals surface area contributed by atoms with Gasteiger partial charge in [0.25, 0.3) is 4.87 Å². The number of carboxylic acids is 1. The highest BCUT2D eigenvalue weighted by molar-refractivity contribution is 6.35. The number of hydrogen-bond donors (Lipinski definition) is 1. The maximum atomic E-state index is 10.7. The Morgan fingerprint density at radius 3 is 2.38 bits per heavy atom. The van der Waals surface area contributed by atoms with Crippen molar-refractivity contribution in [1.29, 1.82) is 5.26 Å². The van der Waals surface area contributed by atoms with E-state index in [0.717, 1.165) is 0 Å². The van der Waals surface area contributed by atoms with Gasteiger partial charge in [0.2, 0.25) is 0 Å². The first kappa shape index (κ1) is 9.56. The molecule has 1 rings (SSSR count). The van der Waals surface area contributed by atoms with Crippen molar-refractivity contribution in [2.24, 2.45) is 0 Å². The quantitative estimate of drug-likeness (QED) is 0.731. The van der Waals surface area contributed by atoms with Crippen molar-refractivity contribution in [2.45, 2.75) is 4.87 Å². The lowest BCUT2D eigenvalue weighted by atomic mass is 10.0. The van der Waals surface area contributed by atoms with E-state index in [0.29, 0.717) is 0 Å². The van der Waals surface area contributed by atoms with Crippen LogP contribution in [0.15, 0.2) is 30.3 Å². The van der Waals surface area contributed by atoms with Gasteiger partial charge in [-0.15, -0.1) is 0 Å². The molecular formula is C9H6ClNO2. The molecule has 0 fully saturated rings. The van der Waals surface area contributed by atoms with Crippen molar-refractivity contribution in [3.8, 4) is 6.07 Å². The summed E-state index contributed by atoms with van der Waals surface area (Å²) < 4.78 is 0. The minimum absolute atomic E-state index is 0.270. The van der Waals surface area contributed by atoms with Crippen LogP contribution in [0.3, 0.4) is 0 Å². The van der Waals surface area contributed by atoms with E-state index in [-0.39, 0.29) is 5.56 Å². The van der Waals surface area contributed by atoms with Gasteiger partial charge in [-0.25, -0.2) is 4.79 Å². The topological polar surface area (TPSA) is 61.1 Å². The van der Waals surface area contributed by atoms with Gasteiger partial charge in [0.1, 0.15) is 6.07 Å². The summed E-state index contributed by atoms with van der Waals surface area (Å²) in [6.45, 7) is 0. The fraction of sp³-hybridized carbons (Fsp3) is 0.111. The monoisotopic (exact) mass is 195 g/mol. The molecule has 0 radical (unpaired) electrons. The van der Waals surface area contributed by atoms with E-state index >= 15 is 0 Å². The lowest BCUT2D eigenvalue weighted by Crippen LogP contribution is -2.27. The smallest absolute Gasteiger partial charge is 0.344 e. The summed E-state index contributed by atoms with van der Waals surface area (Å²) in [5.41, 5.74) is 0.270. The van der Waals surface area contributed by atoms with Crippen LogP contribution in [0.4, 0.5) is 0 Å². The van der Waals surface area contributed by atoms with Gasteiger partial charge in [-0.1, -0.05) is 41.9 Å². The number of halogens is 1. The lowest BCUT2D eigenvalue weighted by molar-refractivity contribution is -0.138. The van der Waals surface area contributed by atoms with Crippen LogP contribution in [0.1, 0.15) is 5.56 Å². The third-order valence-electron chi connectivity index (χ3n) is 1.62. The van der Waals surface area contributed by atoms with E-state index in [2.05, 4.69) is 0 Å². The Hall–Kier alpha value is -1.53. The van der Waals surface area contributed by atoms with Gasteiger partial charge < -0.3 is 5.11 Å². The molecule has 0 amide bonds. The zero-order valence-corrected chi connectivity index (χ0v) is 7.32. The molecule has 13 heavy (non-hydrogen) atoms. The molecule has 0 heterocycles. The van der Waals surface area contributed by atoms with Crippen molar-refractivity contribution in [3.05, 3.63) is 35.9 Å². The van der Waals surface area contributed by atoms with E-state index in [9.17, 15) is 4.79 Å². The zero-order valence-electron chi connectivity index (χ0n) is 6.57. The highest BCUT2D eigenvalue weighted by Crippen LogP contribution is 2.28. The normalized spacial score (nSPS) is 14.2. The van der Waals surface area contributed by atoms with Crippen LogP contribution in [0.2, 0.25) is 0 Å². The Labute approximate surface area is 80.2 Å². The van der Waals surface area contributed by atoms with Gasteiger partial charge in [-0.2, -0.15) is 5.26 Å². The second-order valence-corrected chi connectivity index (χ2v) is 3.01. The minimum atomic E-state index is -1.97. The molecule has 0 saturated heterocycles.